The number of nitrogens with one attached hydrogen (secondary N) is 2. The smallest absolute Gasteiger partial charge is 0.248 e. The lowest BCUT2D eigenvalue weighted by Crippen LogP contribution is -2.33. The highest BCUT2D eigenvalue weighted by Crippen LogP contribution is 2.29. The lowest BCUT2D eigenvalue weighted by Gasteiger charge is -2.10. The second-order valence-corrected chi connectivity index (χ2v) is 2.90. The first-order chi connectivity index (χ1) is 6.90. The van der Waals surface area contributed by atoms with Crippen molar-refractivity contribution in [2.24, 2.45) is 0 Å². The molecule has 2 rings (SSSR count). The summed E-state index contributed by atoms with van der Waals surface area (Å²) >= 11 is 0. The van der Waals surface area contributed by atoms with Gasteiger partial charge >= 0.3 is 0 Å². The minimum Gasteiger partial charge on any atom is -0.450 e. The van der Waals surface area contributed by atoms with Gasteiger partial charge in [-0.2, -0.15) is 0 Å². The van der Waals surface area contributed by atoms with E-state index < -0.39 is 0 Å². The number of anilines is 1. The van der Waals surface area contributed by atoms with Gasteiger partial charge in [0.2, 0.25) is 6.35 Å². The molecule has 0 fully saturated rings. The van der Waals surface area contributed by atoms with Gasteiger partial charge in [0.15, 0.2) is 0 Å². The fraction of sp³-hybridized carbons (Fsp3) is 0.0909. The molecule has 1 heterocycles. The molecule has 1 aromatic carbocycles. The minimum absolute atomic E-state index is 0.191. The van der Waals surface area contributed by atoms with E-state index in [-0.39, 0.29) is 6.35 Å². The summed E-state index contributed by atoms with van der Waals surface area (Å²) in [6.45, 7) is 3.58. The van der Waals surface area contributed by atoms with Crippen LogP contribution in [0.1, 0.15) is 0 Å². The summed E-state index contributed by atoms with van der Waals surface area (Å²) in [6.07, 6.45) is 5.11. The standard InChI is InChI=1S/C11H12N2O/c1-2-3-8-12-11-13-9-6-4-5-7-10(9)14-11/h2-8,11-13H,1H2/b8-3-. The van der Waals surface area contributed by atoms with Crippen LogP contribution in [0.4, 0.5) is 5.69 Å². The molecule has 0 saturated heterocycles. The highest BCUT2D eigenvalue weighted by atomic mass is 16.5. The topological polar surface area (TPSA) is 33.3 Å². The monoisotopic (exact) mass is 188 g/mol. The molecule has 0 radical (unpaired) electrons. The SMILES string of the molecule is C=C/C=C\NC1Nc2ccccc2O1. The van der Waals surface area contributed by atoms with Gasteiger partial charge in [0.05, 0.1) is 5.69 Å². The average molecular weight is 188 g/mol. The third kappa shape index (κ3) is 1.71. The molecule has 0 amide bonds. The molecular weight excluding hydrogens is 176 g/mol. The van der Waals surface area contributed by atoms with Crippen LogP contribution in [-0.4, -0.2) is 6.35 Å². The van der Waals surface area contributed by atoms with Crippen molar-refractivity contribution in [1.29, 1.82) is 0 Å². The Bertz CT molecular complexity index is 335. The van der Waals surface area contributed by atoms with E-state index >= 15 is 0 Å². The van der Waals surface area contributed by atoms with Crippen molar-refractivity contribution < 1.29 is 4.74 Å². The number of ether oxygens (including phenoxy) is 1. The molecule has 1 aromatic rings. The molecule has 3 heteroatoms. The molecule has 14 heavy (non-hydrogen) atoms. The van der Waals surface area contributed by atoms with Crippen LogP contribution in [0.25, 0.3) is 0 Å². The maximum absolute atomic E-state index is 5.55. The average Bonchev–Trinajstić information content (AvgIpc) is 2.60. The first kappa shape index (κ1) is 8.69. The van der Waals surface area contributed by atoms with Crippen molar-refractivity contribution in [2.75, 3.05) is 5.32 Å². The molecule has 0 spiro atoms. The molecule has 0 saturated carbocycles. The van der Waals surface area contributed by atoms with Crippen molar-refractivity contribution >= 4 is 5.69 Å². The lowest BCUT2D eigenvalue weighted by molar-refractivity contribution is 0.231. The number of fused-ring (bicyclic) bond motifs is 1. The molecule has 0 aliphatic carbocycles. The van der Waals surface area contributed by atoms with Crippen LogP contribution in [-0.2, 0) is 0 Å². The van der Waals surface area contributed by atoms with E-state index in [0.717, 1.165) is 11.4 Å². The molecule has 0 bridgehead atoms. The number of para-hydroxylation sites is 2. The molecule has 0 aromatic heterocycles. The van der Waals surface area contributed by atoms with Gasteiger partial charge in [-0.05, 0) is 18.2 Å². The summed E-state index contributed by atoms with van der Waals surface area (Å²) < 4.78 is 5.55. The summed E-state index contributed by atoms with van der Waals surface area (Å²) in [5.41, 5.74) is 1.01. The zero-order valence-electron chi connectivity index (χ0n) is 7.73. The number of benzene rings is 1. The van der Waals surface area contributed by atoms with Gasteiger partial charge in [-0.25, -0.2) is 0 Å². The zero-order valence-corrected chi connectivity index (χ0v) is 7.73. The number of hydrogen-bond acceptors (Lipinski definition) is 3. The summed E-state index contributed by atoms with van der Waals surface area (Å²) in [4.78, 5) is 0. The highest BCUT2D eigenvalue weighted by molar-refractivity contribution is 5.59. The third-order valence-corrected chi connectivity index (χ3v) is 1.90. The number of hydrogen-bond donors (Lipinski definition) is 2. The summed E-state index contributed by atoms with van der Waals surface area (Å²) in [5, 5.41) is 6.22. The van der Waals surface area contributed by atoms with Crippen LogP contribution < -0.4 is 15.4 Å². The van der Waals surface area contributed by atoms with E-state index in [2.05, 4.69) is 17.2 Å². The summed E-state index contributed by atoms with van der Waals surface area (Å²) in [7, 11) is 0. The van der Waals surface area contributed by atoms with E-state index in [4.69, 9.17) is 4.74 Å². The van der Waals surface area contributed by atoms with Crippen molar-refractivity contribution in [3.63, 3.8) is 0 Å². The van der Waals surface area contributed by atoms with Gasteiger partial charge in [-0.15, -0.1) is 0 Å². The van der Waals surface area contributed by atoms with E-state index in [1.807, 2.05) is 30.3 Å². The second-order valence-electron chi connectivity index (χ2n) is 2.90. The molecule has 2 N–H and O–H groups in total. The van der Waals surface area contributed by atoms with Gasteiger partial charge in [-0.3, -0.25) is 0 Å². The Labute approximate surface area is 83.1 Å². The van der Waals surface area contributed by atoms with Crippen LogP contribution in [0.15, 0.2) is 49.2 Å². The molecular formula is C11H12N2O. The summed E-state index contributed by atoms with van der Waals surface area (Å²) in [6, 6.07) is 7.83. The summed E-state index contributed by atoms with van der Waals surface area (Å²) in [5.74, 6) is 0.872. The Morgan fingerprint density at radius 1 is 1.43 bits per heavy atom. The Morgan fingerprint density at radius 2 is 2.29 bits per heavy atom. The normalized spacial score (nSPS) is 18.4. The Balaban J connectivity index is 1.98. The molecule has 1 unspecified atom stereocenters. The van der Waals surface area contributed by atoms with E-state index in [0.29, 0.717) is 0 Å². The van der Waals surface area contributed by atoms with Gasteiger partial charge in [0, 0.05) is 6.20 Å². The fourth-order valence-electron chi connectivity index (χ4n) is 1.27. The van der Waals surface area contributed by atoms with Crippen LogP contribution in [0, 0.1) is 0 Å². The quantitative estimate of drug-likeness (QED) is 0.712. The van der Waals surface area contributed by atoms with Crippen molar-refractivity contribution in [3.8, 4) is 5.75 Å². The number of rotatable bonds is 3. The van der Waals surface area contributed by atoms with E-state index in [1.54, 1.807) is 12.3 Å². The van der Waals surface area contributed by atoms with Crippen LogP contribution in [0.5, 0.6) is 5.75 Å². The maximum atomic E-state index is 5.55. The Hall–Kier alpha value is -1.90. The predicted molar refractivity (Wildman–Crippen MR) is 57.0 cm³/mol. The van der Waals surface area contributed by atoms with E-state index in [1.165, 1.54) is 0 Å². The Kier molecular flexibility index (Phi) is 2.40. The molecule has 1 aliphatic heterocycles. The third-order valence-electron chi connectivity index (χ3n) is 1.90. The lowest BCUT2D eigenvalue weighted by atomic mass is 10.3. The van der Waals surface area contributed by atoms with Crippen LogP contribution in [0.3, 0.4) is 0 Å². The number of allylic oxidation sites excluding steroid dienone is 2. The molecule has 1 aliphatic rings. The van der Waals surface area contributed by atoms with Gasteiger partial charge in [0.25, 0.3) is 0 Å². The molecule has 3 nitrogen and oxygen atoms in total. The maximum Gasteiger partial charge on any atom is 0.248 e. The van der Waals surface area contributed by atoms with Gasteiger partial charge in [-0.1, -0.05) is 24.8 Å². The highest BCUT2D eigenvalue weighted by Gasteiger charge is 2.18. The molecule has 72 valence electrons. The molecule has 1 atom stereocenters. The van der Waals surface area contributed by atoms with Gasteiger partial charge < -0.3 is 15.4 Å². The zero-order chi connectivity index (χ0) is 9.80. The fourth-order valence-corrected chi connectivity index (χ4v) is 1.27. The Morgan fingerprint density at radius 3 is 3.07 bits per heavy atom. The van der Waals surface area contributed by atoms with E-state index in [9.17, 15) is 0 Å². The van der Waals surface area contributed by atoms with Crippen LogP contribution in [0.2, 0.25) is 0 Å². The first-order valence-electron chi connectivity index (χ1n) is 4.46. The van der Waals surface area contributed by atoms with Crippen molar-refractivity contribution in [2.45, 2.75) is 6.35 Å². The minimum atomic E-state index is -0.191. The largest absolute Gasteiger partial charge is 0.450 e. The first-order valence-corrected chi connectivity index (χ1v) is 4.46. The van der Waals surface area contributed by atoms with Gasteiger partial charge in [0.1, 0.15) is 5.75 Å². The predicted octanol–water partition coefficient (Wildman–Crippen LogP) is 2.06. The van der Waals surface area contributed by atoms with Crippen LogP contribution >= 0.6 is 0 Å². The second kappa shape index (κ2) is 3.87. The van der Waals surface area contributed by atoms with Crippen molar-refractivity contribution in [3.05, 3.63) is 49.2 Å². The van der Waals surface area contributed by atoms with Crippen molar-refractivity contribution in [1.82, 2.24) is 5.32 Å².